The Labute approximate surface area is 69.2 Å². The Kier molecular flexibility index (Phi) is 2.58. The number of hydrogen-bond donors (Lipinski definition) is 0. The maximum Gasteiger partial charge on any atom is 0.284 e. The van der Waals surface area contributed by atoms with Gasteiger partial charge in [-0.05, 0) is 19.1 Å². The van der Waals surface area contributed by atoms with Gasteiger partial charge in [-0.15, -0.1) is 0 Å². The van der Waals surface area contributed by atoms with Crippen LogP contribution in [0.2, 0.25) is 0 Å². The van der Waals surface area contributed by atoms with Crippen LogP contribution < -0.4 is 4.74 Å². The molecule has 0 atom stereocenters. The van der Waals surface area contributed by atoms with Gasteiger partial charge in [0.1, 0.15) is 11.4 Å². The standard InChI is InChI=1S/C8H9F2NO/c1-5-3-4-6(12-2)7(11-5)8(9)10/h3-4,8H,1-2H3. The number of aromatic nitrogens is 1. The number of alkyl halides is 2. The second kappa shape index (κ2) is 3.47. The molecule has 0 amide bonds. The zero-order valence-corrected chi connectivity index (χ0v) is 6.84. The van der Waals surface area contributed by atoms with Crippen LogP contribution in [0.25, 0.3) is 0 Å². The molecule has 0 saturated carbocycles. The largest absolute Gasteiger partial charge is 0.495 e. The van der Waals surface area contributed by atoms with Crippen molar-refractivity contribution in [3.8, 4) is 5.75 Å². The third-order valence-electron chi connectivity index (χ3n) is 1.45. The average molecular weight is 173 g/mol. The van der Waals surface area contributed by atoms with Crippen LogP contribution in [0, 0.1) is 6.92 Å². The Morgan fingerprint density at radius 3 is 2.58 bits per heavy atom. The summed E-state index contributed by atoms with van der Waals surface area (Å²) in [4.78, 5) is 3.67. The molecule has 1 heterocycles. The van der Waals surface area contributed by atoms with Gasteiger partial charge < -0.3 is 4.74 Å². The van der Waals surface area contributed by atoms with E-state index in [0.29, 0.717) is 5.69 Å². The summed E-state index contributed by atoms with van der Waals surface area (Å²) in [5.74, 6) is 0.135. The molecule has 0 fully saturated rings. The summed E-state index contributed by atoms with van der Waals surface area (Å²) in [6.45, 7) is 1.66. The third-order valence-corrected chi connectivity index (χ3v) is 1.45. The summed E-state index contributed by atoms with van der Waals surface area (Å²) in [6, 6.07) is 3.12. The van der Waals surface area contributed by atoms with Crippen molar-refractivity contribution < 1.29 is 13.5 Å². The predicted octanol–water partition coefficient (Wildman–Crippen LogP) is 2.34. The second-order valence-electron chi connectivity index (χ2n) is 2.34. The van der Waals surface area contributed by atoms with E-state index in [0.717, 1.165) is 0 Å². The van der Waals surface area contributed by atoms with Crippen molar-refractivity contribution in [1.29, 1.82) is 0 Å². The van der Waals surface area contributed by atoms with E-state index in [1.165, 1.54) is 13.2 Å². The van der Waals surface area contributed by atoms with Gasteiger partial charge in [0.15, 0.2) is 0 Å². The highest BCUT2D eigenvalue weighted by atomic mass is 19.3. The molecule has 0 unspecified atom stereocenters. The Hall–Kier alpha value is -1.19. The molecular weight excluding hydrogens is 164 g/mol. The molecule has 0 saturated heterocycles. The molecule has 0 aromatic carbocycles. The van der Waals surface area contributed by atoms with E-state index in [2.05, 4.69) is 4.98 Å². The van der Waals surface area contributed by atoms with E-state index < -0.39 is 6.43 Å². The Bertz CT molecular complexity index is 276. The molecule has 0 aliphatic rings. The van der Waals surface area contributed by atoms with Crippen LogP contribution in [0.1, 0.15) is 17.8 Å². The topological polar surface area (TPSA) is 22.1 Å². The first kappa shape index (κ1) is 8.90. The van der Waals surface area contributed by atoms with Crippen LogP contribution in [0.15, 0.2) is 12.1 Å². The van der Waals surface area contributed by atoms with E-state index in [1.54, 1.807) is 13.0 Å². The van der Waals surface area contributed by atoms with Gasteiger partial charge in [-0.2, -0.15) is 0 Å². The fraction of sp³-hybridized carbons (Fsp3) is 0.375. The van der Waals surface area contributed by atoms with Crippen molar-refractivity contribution in [1.82, 2.24) is 4.98 Å². The van der Waals surface area contributed by atoms with Gasteiger partial charge in [0.05, 0.1) is 7.11 Å². The smallest absolute Gasteiger partial charge is 0.284 e. The number of hydrogen-bond acceptors (Lipinski definition) is 2. The van der Waals surface area contributed by atoms with Crippen LogP contribution in [-0.2, 0) is 0 Å². The van der Waals surface area contributed by atoms with Crippen LogP contribution in [-0.4, -0.2) is 12.1 Å². The molecule has 66 valence electrons. The van der Waals surface area contributed by atoms with Gasteiger partial charge in [0, 0.05) is 5.69 Å². The Balaban J connectivity index is 3.12. The summed E-state index contributed by atoms with van der Waals surface area (Å²) in [7, 11) is 1.35. The van der Waals surface area contributed by atoms with Crippen molar-refractivity contribution in [2.24, 2.45) is 0 Å². The highest BCUT2D eigenvalue weighted by Crippen LogP contribution is 2.26. The molecule has 12 heavy (non-hydrogen) atoms. The molecular formula is C8H9F2NO. The number of nitrogens with zero attached hydrogens (tertiary/aromatic N) is 1. The number of aryl methyl sites for hydroxylation is 1. The molecule has 0 aliphatic heterocycles. The molecule has 4 heteroatoms. The molecule has 0 N–H and O–H groups in total. The van der Waals surface area contributed by atoms with E-state index in [9.17, 15) is 8.78 Å². The van der Waals surface area contributed by atoms with Crippen molar-refractivity contribution in [2.45, 2.75) is 13.3 Å². The van der Waals surface area contributed by atoms with Gasteiger partial charge in [-0.25, -0.2) is 13.8 Å². The minimum absolute atomic E-state index is 0.135. The zero-order valence-electron chi connectivity index (χ0n) is 6.84. The molecule has 1 aromatic rings. The van der Waals surface area contributed by atoms with Crippen LogP contribution in [0.3, 0.4) is 0 Å². The summed E-state index contributed by atoms with van der Waals surface area (Å²) in [5, 5.41) is 0. The Morgan fingerprint density at radius 2 is 2.08 bits per heavy atom. The van der Waals surface area contributed by atoms with Crippen LogP contribution in [0.4, 0.5) is 8.78 Å². The van der Waals surface area contributed by atoms with Gasteiger partial charge in [-0.1, -0.05) is 0 Å². The summed E-state index contributed by atoms with van der Waals surface area (Å²) < 4.78 is 29.2. The maximum atomic E-state index is 12.3. The molecule has 0 spiro atoms. The molecule has 0 bridgehead atoms. The fourth-order valence-electron chi connectivity index (χ4n) is 0.893. The van der Waals surface area contributed by atoms with Gasteiger partial charge in [0.2, 0.25) is 0 Å². The summed E-state index contributed by atoms with van der Waals surface area (Å²) >= 11 is 0. The van der Waals surface area contributed by atoms with E-state index >= 15 is 0 Å². The highest BCUT2D eigenvalue weighted by Gasteiger charge is 2.14. The summed E-state index contributed by atoms with van der Waals surface area (Å²) in [6.07, 6.45) is -2.58. The number of ether oxygens (including phenoxy) is 1. The molecule has 0 aliphatic carbocycles. The van der Waals surface area contributed by atoms with Gasteiger partial charge in [0.25, 0.3) is 6.43 Å². The molecule has 1 rings (SSSR count). The van der Waals surface area contributed by atoms with Crippen LogP contribution in [0.5, 0.6) is 5.75 Å². The predicted molar refractivity (Wildman–Crippen MR) is 40.5 cm³/mol. The minimum atomic E-state index is -2.58. The van der Waals surface area contributed by atoms with Gasteiger partial charge >= 0.3 is 0 Å². The van der Waals surface area contributed by atoms with E-state index in [1.807, 2.05) is 0 Å². The quantitative estimate of drug-likeness (QED) is 0.684. The molecule has 1 aromatic heterocycles. The maximum absolute atomic E-state index is 12.3. The minimum Gasteiger partial charge on any atom is -0.495 e. The van der Waals surface area contributed by atoms with Crippen LogP contribution >= 0.6 is 0 Å². The zero-order chi connectivity index (χ0) is 9.14. The van der Waals surface area contributed by atoms with E-state index in [-0.39, 0.29) is 11.4 Å². The van der Waals surface area contributed by atoms with Gasteiger partial charge in [-0.3, -0.25) is 0 Å². The van der Waals surface area contributed by atoms with Crippen molar-refractivity contribution in [3.05, 3.63) is 23.5 Å². The first-order valence-electron chi connectivity index (χ1n) is 3.45. The number of halogens is 2. The lowest BCUT2D eigenvalue weighted by Crippen LogP contribution is -1.97. The molecule has 2 nitrogen and oxygen atoms in total. The highest BCUT2D eigenvalue weighted by molar-refractivity contribution is 5.29. The normalized spacial score (nSPS) is 10.4. The number of methoxy groups -OCH3 is 1. The monoisotopic (exact) mass is 173 g/mol. The lowest BCUT2D eigenvalue weighted by atomic mass is 10.3. The van der Waals surface area contributed by atoms with Crippen molar-refractivity contribution >= 4 is 0 Å². The average Bonchev–Trinajstić information content (AvgIpc) is 2.04. The van der Waals surface area contributed by atoms with Crippen molar-refractivity contribution in [2.75, 3.05) is 7.11 Å². The first-order chi connectivity index (χ1) is 5.65. The number of pyridine rings is 1. The molecule has 0 radical (unpaired) electrons. The second-order valence-corrected chi connectivity index (χ2v) is 2.34. The third kappa shape index (κ3) is 1.69. The summed E-state index contributed by atoms with van der Waals surface area (Å²) in [5.41, 5.74) is 0.267. The fourth-order valence-corrected chi connectivity index (χ4v) is 0.893. The first-order valence-corrected chi connectivity index (χ1v) is 3.45. The van der Waals surface area contributed by atoms with E-state index in [4.69, 9.17) is 4.74 Å². The number of rotatable bonds is 2. The lowest BCUT2D eigenvalue weighted by molar-refractivity contribution is 0.141. The van der Waals surface area contributed by atoms with Crippen molar-refractivity contribution in [3.63, 3.8) is 0 Å². The Morgan fingerprint density at radius 1 is 1.42 bits per heavy atom. The SMILES string of the molecule is COc1ccc(C)nc1C(F)F. The lowest BCUT2D eigenvalue weighted by Gasteiger charge is -2.06.